The highest BCUT2D eigenvalue weighted by molar-refractivity contribution is 5.79. The van der Waals surface area contributed by atoms with Crippen molar-refractivity contribution in [3.8, 4) is 16.9 Å². The number of fused-ring (bicyclic) bond motifs is 3. The zero-order valence-electron chi connectivity index (χ0n) is 19.5. The van der Waals surface area contributed by atoms with Crippen molar-refractivity contribution in [1.29, 1.82) is 0 Å². The van der Waals surface area contributed by atoms with Gasteiger partial charge in [0.2, 0.25) is 5.78 Å². The van der Waals surface area contributed by atoms with Gasteiger partial charge in [0.05, 0.1) is 5.69 Å². The molecule has 0 radical (unpaired) electrons. The van der Waals surface area contributed by atoms with Crippen molar-refractivity contribution in [3.63, 3.8) is 0 Å². The fourth-order valence-corrected chi connectivity index (χ4v) is 4.41. The molecule has 8 nitrogen and oxygen atoms in total. The van der Waals surface area contributed by atoms with E-state index in [0.717, 1.165) is 46.3 Å². The Morgan fingerprint density at radius 1 is 0.912 bits per heavy atom. The Labute approximate surface area is 196 Å². The molecule has 0 spiro atoms. The summed E-state index contributed by atoms with van der Waals surface area (Å²) >= 11 is 0. The SMILES string of the molecule is Cc1ccc(-c2cn3c4c(=O)n(C)c(=O)n(C)c4nc3n2-c2ccc(CCCCO)cc2)cc1. The highest BCUT2D eigenvalue weighted by atomic mass is 16.3. The molecule has 8 heteroatoms. The number of benzene rings is 2. The van der Waals surface area contributed by atoms with Crippen molar-refractivity contribution in [2.45, 2.75) is 26.2 Å². The molecular weight excluding hydrogens is 430 g/mol. The Hall–Kier alpha value is -3.91. The second-order valence-corrected chi connectivity index (χ2v) is 8.72. The van der Waals surface area contributed by atoms with Crippen LogP contribution in [-0.4, -0.2) is 34.8 Å². The number of aromatic nitrogens is 5. The molecule has 2 aromatic carbocycles. The van der Waals surface area contributed by atoms with Gasteiger partial charge in [-0.05, 0) is 43.9 Å². The Balaban J connectivity index is 1.77. The molecular formula is C26H27N5O3. The summed E-state index contributed by atoms with van der Waals surface area (Å²) in [7, 11) is 3.11. The van der Waals surface area contributed by atoms with Gasteiger partial charge in [0.25, 0.3) is 5.56 Å². The maximum atomic E-state index is 13.0. The number of imidazole rings is 2. The first-order chi connectivity index (χ1) is 16.4. The van der Waals surface area contributed by atoms with Crippen LogP contribution < -0.4 is 11.2 Å². The van der Waals surface area contributed by atoms with E-state index >= 15 is 0 Å². The predicted octanol–water partition coefficient (Wildman–Crippen LogP) is 2.97. The summed E-state index contributed by atoms with van der Waals surface area (Å²) in [6.45, 7) is 2.25. The molecule has 1 N–H and O–H groups in total. The standard InChI is InChI=1S/C26H27N5O3/c1-17-7-11-19(12-8-17)21-16-30-22-23(28(2)26(34)29(3)24(22)33)27-25(30)31(21)20-13-9-18(10-14-20)6-4-5-15-32/h7-14,16,32H,4-6,15H2,1-3H3. The first kappa shape index (κ1) is 21.9. The molecule has 0 unspecified atom stereocenters. The molecule has 0 aliphatic rings. The maximum absolute atomic E-state index is 13.0. The van der Waals surface area contributed by atoms with Crippen LogP contribution in [-0.2, 0) is 20.5 Å². The number of aliphatic hydroxyl groups excluding tert-OH is 1. The second kappa shape index (κ2) is 8.46. The van der Waals surface area contributed by atoms with Crippen LogP contribution in [0.5, 0.6) is 0 Å². The Kier molecular flexibility index (Phi) is 5.45. The molecule has 3 aromatic heterocycles. The zero-order valence-corrected chi connectivity index (χ0v) is 19.5. The Morgan fingerprint density at radius 3 is 2.29 bits per heavy atom. The summed E-state index contributed by atoms with van der Waals surface area (Å²) < 4.78 is 6.32. The maximum Gasteiger partial charge on any atom is 0.332 e. The van der Waals surface area contributed by atoms with E-state index < -0.39 is 5.69 Å². The summed E-state index contributed by atoms with van der Waals surface area (Å²) in [5.41, 5.74) is 5.10. The van der Waals surface area contributed by atoms with Crippen LogP contribution in [0.1, 0.15) is 24.0 Å². The van der Waals surface area contributed by atoms with Crippen molar-refractivity contribution < 1.29 is 5.11 Å². The molecule has 174 valence electrons. The van der Waals surface area contributed by atoms with E-state index in [0.29, 0.717) is 16.9 Å². The van der Waals surface area contributed by atoms with Crippen LogP contribution in [0, 0.1) is 6.92 Å². The molecule has 0 fully saturated rings. The van der Waals surface area contributed by atoms with Gasteiger partial charge in [-0.3, -0.25) is 22.9 Å². The normalized spacial score (nSPS) is 11.6. The molecule has 0 saturated heterocycles. The first-order valence-corrected chi connectivity index (χ1v) is 11.4. The van der Waals surface area contributed by atoms with Gasteiger partial charge in [-0.15, -0.1) is 0 Å². The fraction of sp³-hybridized carbons (Fsp3) is 0.269. The number of rotatable bonds is 6. The third kappa shape index (κ3) is 3.47. The predicted molar refractivity (Wildman–Crippen MR) is 133 cm³/mol. The highest BCUT2D eigenvalue weighted by Crippen LogP contribution is 2.29. The van der Waals surface area contributed by atoms with Crippen LogP contribution in [0.3, 0.4) is 0 Å². The summed E-state index contributed by atoms with van der Waals surface area (Å²) in [4.78, 5) is 30.3. The van der Waals surface area contributed by atoms with Crippen molar-refractivity contribution in [2.75, 3.05) is 6.61 Å². The van der Waals surface area contributed by atoms with E-state index in [1.165, 1.54) is 17.2 Å². The number of aryl methyl sites for hydroxylation is 3. The molecule has 5 aromatic rings. The summed E-state index contributed by atoms with van der Waals surface area (Å²) in [6.07, 6.45) is 4.53. The molecule has 3 heterocycles. The van der Waals surface area contributed by atoms with Crippen LogP contribution in [0.2, 0.25) is 0 Å². The van der Waals surface area contributed by atoms with Crippen LogP contribution in [0.25, 0.3) is 33.9 Å². The molecule has 0 aliphatic heterocycles. The van der Waals surface area contributed by atoms with Gasteiger partial charge in [0, 0.05) is 38.1 Å². The molecule has 34 heavy (non-hydrogen) atoms. The lowest BCUT2D eigenvalue weighted by molar-refractivity contribution is 0.284. The van der Waals surface area contributed by atoms with E-state index in [9.17, 15) is 9.59 Å². The molecule has 0 amide bonds. The van der Waals surface area contributed by atoms with Gasteiger partial charge >= 0.3 is 5.69 Å². The van der Waals surface area contributed by atoms with Crippen LogP contribution in [0.4, 0.5) is 0 Å². The Bertz CT molecular complexity index is 1620. The van der Waals surface area contributed by atoms with E-state index in [-0.39, 0.29) is 12.2 Å². The highest BCUT2D eigenvalue weighted by Gasteiger charge is 2.21. The van der Waals surface area contributed by atoms with Crippen LogP contribution in [0.15, 0.2) is 64.3 Å². The van der Waals surface area contributed by atoms with Gasteiger partial charge in [0.15, 0.2) is 11.2 Å². The quantitative estimate of drug-likeness (QED) is 0.397. The van der Waals surface area contributed by atoms with Crippen molar-refractivity contribution in [1.82, 2.24) is 23.1 Å². The summed E-state index contributed by atoms with van der Waals surface area (Å²) in [5, 5.41) is 9.05. The average molecular weight is 458 g/mol. The van der Waals surface area contributed by atoms with Crippen molar-refractivity contribution in [3.05, 3.63) is 86.7 Å². The van der Waals surface area contributed by atoms with Gasteiger partial charge in [-0.2, -0.15) is 4.98 Å². The smallest absolute Gasteiger partial charge is 0.332 e. The van der Waals surface area contributed by atoms with E-state index in [1.807, 2.05) is 29.8 Å². The number of hydrogen-bond donors (Lipinski definition) is 1. The minimum absolute atomic E-state index is 0.203. The topological polar surface area (TPSA) is 86.5 Å². The largest absolute Gasteiger partial charge is 0.396 e. The number of aliphatic hydroxyl groups is 1. The lowest BCUT2D eigenvalue weighted by atomic mass is 10.1. The first-order valence-electron chi connectivity index (χ1n) is 11.4. The molecule has 0 aliphatic carbocycles. The molecule has 0 saturated carbocycles. The average Bonchev–Trinajstić information content (AvgIpc) is 3.39. The van der Waals surface area contributed by atoms with Gasteiger partial charge in [-0.25, -0.2) is 4.79 Å². The van der Waals surface area contributed by atoms with Gasteiger partial charge < -0.3 is 5.11 Å². The fourth-order valence-electron chi connectivity index (χ4n) is 4.41. The molecule has 5 rings (SSSR count). The minimum Gasteiger partial charge on any atom is -0.396 e. The monoisotopic (exact) mass is 457 g/mol. The van der Waals surface area contributed by atoms with E-state index in [2.05, 4.69) is 36.4 Å². The number of nitrogens with zero attached hydrogens (tertiary/aromatic N) is 5. The molecule has 0 bridgehead atoms. The van der Waals surface area contributed by atoms with E-state index in [1.54, 1.807) is 11.4 Å². The summed E-state index contributed by atoms with van der Waals surface area (Å²) in [5.74, 6) is 0.567. The molecule has 0 atom stereocenters. The second-order valence-electron chi connectivity index (χ2n) is 8.72. The van der Waals surface area contributed by atoms with Gasteiger partial charge in [0.1, 0.15) is 0 Å². The number of unbranched alkanes of at least 4 members (excludes halogenated alkanes) is 1. The Morgan fingerprint density at radius 2 is 1.62 bits per heavy atom. The van der Waals surface area contributed by atoms with E-state index in [4.69, 9.17) is 10.1 Å². The van der Waals surface area contributed by atoms with Gasteiger partial charge in [-0.1, -0.05) is 42.0 Å². The third-order valence-corrected chi connectivity index (χ3v) is 6.38. The zero-order chi connectivity index (χ0) is 24.0. The number of hydrogen-bond acceptors (Lipinski definition) is 4. The lowest BCUT2D eigenvalue weighted by Crippen LogP contribution is -2.37. The van der Waals surface area contributed by atoms with Crippen LogP contribution >= 0.6 is 0 Å². The van der Waals surface area contributed by atoms with Crippen molar-refractivity contribution >= 4 is 16.9 Å². The summed E-state index contributed by atoms with van der Waals surface area (Å²) in [6, 6.07) is 16.5. The van der Waals surface area contributed by atoms with Crippen molar-refractivity contribution in [2.24, 2.45) is 14.1 Å². The third-order valence-electron chi connectivity index (χ3n) is 6.38. The minimum atomic E-state index is -0.407. The lowest BCUT2D eigenvalue weighted by Gasteiger charge is -2.10.